The molecule has 1 aliphatic rings. The van der Waals surface area contributed by atoms with Crippen LogP contribution in [-0.2, 0) is 6.54 Å². The van der Waals surface area contributed by atoms with Gasteiger partial charge in [-0.05, 0) is 57.9 Å². The highest BCUT2D eigenvalue weighted by atomic mass is 32.1. The first-order chi connectivity index (χ1) is 14.6. The maximum Gasteiger partial charge on any atom is 0.257 e. The normalized spacial score (nSPS) is 17.0. The monoisotopic (exact) mass is 431 g/mol. The summed E-state index contributed by atoms with van der Waals surface area (Å²) in [5.41, 5.74) is 0.530. The number of nitrogens with one attached hydrogen (secondary N) is 1. The topological polar surface area (TPSA) is 63.7 Å². The van der Waals surface area contributed by atoms with Crippen LogP contribution < -0.4 is 14.8 Å². The van der Waals surface area contributed by atoms with Crippen molar-refractivity contribution >= 4 is 22.4 Å². The molecule has 2 heterocycles. The zero-order valence-electron chi connectivity index (χ0n) is 18.3. The Morgan fingerprint density at radius 3 is 2.90 bits per heavy atom. The van der Waals surface area contributed by atoms with E-state index in [9.17, 15) is 4.79 Å². The molecule has 164 valence electrons. The average molecular weight is 432 g/mol. The number of carbonyl (C=O) groups is 1. The molecule has 0 spiro atoms. The summed E-state index contributed by atoms with van der Waals surface area (Å²) in [6.07, 6.45) is 7.74. The van der Waals surface area contributed by atoms with Crippen LogP contribution in [-0.4, -0.2) is 41.6 Å². The van der Waals surface area contributed by atoms with Gasteiger partial charge in [0.2, 0.25) is 0 Å². The summed E-state index contributed by atoms with van der Waals surface area (Å²) >= 11 is 1.54. The number of benzene rings is 1. The Kier molecular flexibility index (Phi) is 8.51. The van der Waals surface area contributed by atoms with E-state index in [1.165, 1.54) is 24.1 Å². The number of amides is 1. The van der Waals surface area contributed by atoms with E-state index >= 15 is 0 Å². The van der Waals surface area contributed by atoms with Gasteiger partial charge in [-0.2, -0.15) is 0 Å². The summed E-state index contributed by atoms with van der Waals surface area (Å²) in [6, 6.07) is 5.92. The third kappa shape index (κ3) is 6.19. The number of ether oxygens (including phenoxy) is 2. The molecule has 1 atom stereocenters. The second-order valence-electron chi connectivity index (χ2n) is 7.70. The number of unbranched alkanes of at least 4 members (excludes halogenated alkanes) is 1. The summed E-state index contributed by atoms with van der Waals surface area (Å²) in [4.78, 5) is 20.8. The second kappa shape index (κ2) is 11.3. The van der Waals surface area contributed by atoms with E-state index in [-0.39, 0.29) is 5.91 Å². The summed E-state index contributed by atoms with van der Waals surface area (Å²) in [5, 5.41) is 3.55. The Morgan fingerprint density at radius 1 is 1.27 bits per heavy atom. The smallest absolute Gasteiger partial charge is 0.257 e. The molecule has 0 bridgehead atoms. The van der Waals surface area contributed by atoms with Crippen LogP contribution in [0.3, 0.4) is 0 Å². The molecule has 7 heteroatoms. The van der Waals surface area contributed by atoms with Crippen LogP contribution in [0.4, 0.5) is 5.13 Å². The van der Waals surface area contributed by atoms with Gasteiger partial charge in [-0.25, -0.2) is 4.98 Å². The average Bonchev–Trinajstić information content (AvgIpc) is 3.18. The van der Waals surface area contributed by atoms with Crippen LogP contribution in [0.5, 0.6) is 11.5 Å². The van der Waals surface area contributed by atoms with Gasteiger partial charge < -0.3 is 9.47 Å². The quantitative estimate of drug-likeness (QED) is 0.514. The van der Waals surface area contributed by atoms with E-state index in [4.69, 9.17) is 9.47 Å². The molecule has 0 saturated carbocycles. The minimum Gasteiger partial charge on any atom is -0.490 e. The summed E-state index contributed by atoms with van der Waals surface area (Å²) in [5.74, 6) is 1.08. The number of anilines is 1. The predicted octanol–water partition coefficient (Wildman–Crippen LogP) is 5.35. The van der Waals surface area contributed by atoms with Crippen molar-refractivity contribution < 1.29 is 14.3 Å². The lowest BCUT2D eigenvalue weighted by Crippen LogP contribution is -2.36. The van der Waals surface area contributed by atoms with E-state index in [0.29, 0.717) is 41.4 Å². The Bertz CT molecular complexity index is 824. The molecular formula is C23H33N3O3S. The Labute approximate surface area is 183 Å². The summed E-state index contributed by atoms with van der Waals surface area (Å²) in [7, 11) is 0. The minimum absolute atomic E-state index is 0.191. The molecule has 1 saturated heterocycles. The van der Waals surface area contributed by atoms with Crippen LogP contribution >= 0.6 is 11.3 Å². The molecule has 0 aliphatic carbocycles. The predicted molar refractivity (Wildman–Crippen MR) is 122 cm³/mol. The molecule has 1 amide bonds. The number of thiazole rings is 1. The van der Waals surface area contributed by atoms with Crippen molar-refractivity contribution in [3.05, 3.63) is 34.8 Å². The third-order valence-electron chi connectivity index (χ3n) is 5.33. The van der Waals surface area contributed by atoms with Crippen LogP contribution in [0.15, 0.2) is 24.4 Å². The van der Waals surface area contributed by atoms with Crippen molar-refractivity contribution in [2.75, 3.05) is 25.1 Å². The first-order valence-electron chi connectivity index (χ1n) is 11.0. The number of likely N-dealkylation sites (tertiary alicyclic amines) is 1. The molecule has 30 heavy (non-hydrogen) atoms. The van der Waals surface area contributed by atoms with Gasteiger partial charge in [-0.3, -0.25) is 15.0 Å². The SMILES string of the molecule is CCCCOc1ccc(C(=O)Nc2ncc(CN3CCCCC3C)s2)cc1OCC. The van der Waals surface area contributed by atoms with E-state index < -0.39 is 0 Å². The maximum absolute atomic E-state index is 12.7. The van der Waals surface area contributed by atoms with Gasteiger partial charge in [0.05, 0.1) is 13.2 Å². The van der Waals surface area contributed by atoms with E-state index in [0.717, 1.165) is 25.9 Å². The minimum atomic E-state index is -0.191. The van der Waals surface area contributed by atoms with Gasteiger partial charge in [-0.1, -0.05) is 19.8 Å². The highest BCUT2D eigenvalue weighted by molar-refractivity contribution is 7.15. The van der Waals surface area contributed by atoms with Crippen LogP contribution in [0.2, 0.25) is 0 Å². The van der Waals surface area contributed by atoms with Crippen molar-refractivity contribution in [3.63, 3.8) is 0 Å². The molecule has 1 aromatic carbocycles. The molecule has 3 rings (SSSR count). The van der Waals surface area contributed by atoms with E-state index in [2.05, 4.69) is 29.0 Å². The maximum atomic E-state index is 12.7. The van der Waals surface area contributed by atoms with Crippen LogP contribution in [0.25, 0.3) is 0 Å². The number of piperidine rings is 1. The molecule has 1 N–H and O–H groups in total. The van der Waals surface area contributed by atoms with Crippen molar-refractivity contribution in [3.8, 4) is 11.5 Å². The molecular weight excluding hydrogens is 398 g/mol. The summed E-state index contributed by atoms with van der Waals surface area (Å²) in [6.45, 7) is 9.51. The number of carbonyl (C=O) groups excluding carboxylic acids is 1. The van der Waals surface area contributed by atoms with Crippen molar-refractivity contribution in [1.29, 1.82) is 0 Å². The van der Waals surface area contributed by atoms with Gasteiger partial charge in [0.25, 0.3) is 5.91 Å². The van der Waals surface area contributed by atoms with Crippen molar-refractivity contribution in [2.24, 2.45) is 0 Å². The highest BCUT2D eigenvalue weighted by Gasteiger charge is 2.19. The molecule has 1 unspecified atom stereocenters. The fourth-order valence-electron chi connectivity index (χ4n) is 3.56. The second-order valence-corrected chi connectivity index (χ2v) is 8.81. The number of nitrogens with zero attached hydrogens (tertiary/aromatic N) is 2. The summed E-state index contributed by atoms with van der Waals surface area (Å²) < 4.78 is 11.5. The number of rotatable bonds is 10. The molecule has 6 nitrogen and oxygen atoms in total. The lowest BCUT2D eigenvalue weighted by molar-refractivity contribution is 0.102. The lowest BCUT2D eigenvalue weighted by Gasteiger charge is -2.32. The zero-order chi connectivity index (χ0) is 21.3. The highest BCUT2D eigenvalue weighted by Crippen LogP contribution is 2.30. The zero-order valence-corrected chi connectivity index (χ0v) is 19.1. The van der Waals surface area contributed by atoms with Crippen LogP contribution in [0.1, 0.15) is 68.1 Å². The number of hydrogen-bond acceptors (Lipinski definition) is 6. The molecule has 2 aromatic rings. The molecule has 0 radical (unpaired) electrons. The number of hydrogen-bond donors (Lipinski definition) is 1. The Balaban J connectivity index is 1.62. The van der Waals surface area contributed by atoms with Gasteiger partial charge in [0, 0.05) is 29.2 Å². The Hall–Kier alpha value is -2.12. The van der Waals surface area contributed by atoms with Crippen molar-refractivity contribution in [1.82, 2.24) is 9.88 Å². The first-order valence-corrected chi connectivity index (χ1v) is 11.8. The largest absolute Gasteiger partial charge is 0.490 e. The van der Waals surface area contributed by atoms with Gasteiger partial charge >= 0.3 is 0 Å². The Morgan fingerprint density at radius 2 is 2.13 bits per heavy atom. The van der Waals surface area contributed by atoms with Crippen molar-refractivity contribution in [2.45, 2.75) is 65.5 Å². The fraction of sp³-hybridized carbons (Fsp3) is 0.565. The third-order valence-corrected chi connectivity index (χ3v) is 6.23. The number of aromatic nitrogens is 1. The van der Waals surface area contributed by atoms with E-state index in [1.807, 2.05) is 13.1 Å². The molecule has 1 fully saturated rings. The van der Waals surface area contributed by atoms with E-state index in [1.54, 1.807) is 29.5 Å². The standard InChI is InChI=1S/C23H33N3O3S/c1-4-6-13-29-20-11-10-18(14-21(20)28-5-2)22(27)25-23-24-15-19(30-23)16-26-12-8-7-9-17(26)3/h10-11,14-15,17H,4-9,12-13,16H2,1-3H3,(H,24,25,27). The fourth-order valence-corrected chi connectivity index (χ4v) is 4.40. The van der Waals surface area contributed by atoms with Gasteiger partial charge in [0.1, 0.15) is 0 Å². The molecule has 1 aromatic heterocycles. The first kappa shape index (κ1) is 22.6. The van der Waals surface area contributed by atoms with Gasteiger partial charge in [-0.15, -0.1) is 11.3 Å². The van der Waals surface area contributed by atoms with Crippen LogP contribution in [0, 0.1) is 0 Å². The van der Waals surface area contributed by atoms with Gasteiger partial charge in [0.15, 0.2) is 16.6 Å². The lowest BCUT2D eigenvalue weighted by atomic mass is 10.0. The molecule has 1 aliphatic heterocycles.